The van der Waals surface area contributed by atoms with Gasteiger partial charge in [0.25, 0.3) is 0 Å². The number of hydrogen-bond acceptors (Lipinski definition) is 1. The van der Waals surface area contributed by atoms with Crippen LogP contribution in [0.2, 0.25) is 0 Å². The van der Waals surface area contributed by atoms with Crippen molar-refractivity contribution in [2.24, 2.45) is 0 Å². The molecule has 0 unspecified atom stereocenters. The number of rotatable bonds is 7. The summed E-state index contributed by atoms with van der Waals surface area (Å²) in [5.41, 5.74) is 2.36. The SMILES string of the molecule is CCCCC/C=[N+](\[O-])CCc1c[nH]c2ccccc12. The third-order valence-electron chi connectivity index (χ3n) is 3.42. The second-order valence-corrected chi connectivity index (χ2v) is 4.93. The van der Waals surface area contributed by atoms with Crippen LogP contribution >= 0.6 is 0 Å². The number of para-hydroxylation sites is 1. The van der Waals surface area contributed by atoms with E-state index in [0.29, 0.717) is 6.54 Å². The van der Waals surface area contributed by atoms with Crippen molar-refractivity contribution in [3.63, 3.8) is 0 Å². The molecule has 1 heterocycles. The molecule has 3 nitrogen and oxygen atoms in total. The standard InChI is InChI=1S/C16H22N2O/c1-2-3-4-7-11-18(19)12-10-14-13-17-16-9-6-5-8-15(14)16/h5-6,8-9,11,13,17H,2-4,7,10,12H2,1H3/b18-11-. The Labute approximate surface area is 114 Å². The van der Waals surface area contributed by atoms with Gasteiger partial charge in [-0.3, -0.25) is 0 Å². The minimum Gasteiger partial charge on any atom is -0.624 e. The van der Waals surface area contributed by atoms with Gasteiger partial charge in [-0.15, -0.1) is 0 Å². The fraction of sp³-hybridized carbons (Fsp3) is 0.438. The summed E-state index contributed by atoms with van der Waals surface area (Å²) < 4.78 is 1.08. The molecule has 0 amide bonds. The van der Waals surface area contributed by atoms with Gasteiger partial charge in [0.05, 0.1) is 0 Å². The number of H-pyrrole nitrogens is 1. The van der Waals surface area contributed by atoms with Gasteiger partial charge in [-0.05, 0) is 18.1 Å². The van der Waals surface area contributed by atoms with Crippen LogP contribution in [-0.2, 0) is 6.42 Å². The van der Waals surface area contributed by atoms with E-state index >= 15 is 0 Å². The Balaban J connectivity index is 1.88. The first-order chi connectivity index (χ1) is 9.31. The maximum absolute atomic E-state index is 11.7. The Morgan fingerprint density at radius 2 is 2.11 bits per heavy atom. The Bertz CT molecular complexity index is 542. The highest BCUT2D eigenvalue weighted by Gasteiger charge is 2.04. The van der Waals surface area contributed by atoms with Crippen molar-refractivity contribution in [2.75, 3.05) is 6.54 Å². The number of benzene rings is 1. The van der Waals surface area contributed by atoms with Crippen LogP contribution < -0.4 is 0 Å². The number of nitrogens with one attached hydrogen (secondary N) is 1. The van der Waals surface area contributed by atoms with Crippen LogP contribution in [0.25, 0.3) is 10.9 Å². The monoisotopic (exact) mass is 258 g/mol. The molecule has 0 saturated carbocycles. The molecule has 1 aromatic carbocycles. The first-order valence-electron chi connectivity index (χ1n) is 7.13. The molecule has 0 radical (unpaired) electrons. The smallest absolute Gasteiger partial charge is 0.157 e. The summed E-state index contributed by atoms with van der Waals surface area (Å²) in [5.74, 6) is 0. The van der Waals surface area contributed by atoms with E-state index in [4.69, 9.17) is 0 Å². The van der Waals surface area contributed by atoms with Gasteiger partial charge in [0.15, 0.2) is 12.8 Å². The number of unbranched alkanes of at least 4 members (excludes halogenated alkanes) is 3. The molecule has 0 fully saturated rings. The van der Waals surface area contributed by atoms with Crippen molar-refractivity contribution < 1.29 is 4.74 Å². The molecule has 2 aromatic rings. The molecule has 1 aromatic heterocycles. The fourth-order valence-electron chi connectivity index (χ4n) is 2.29. The van der Waals surface area contributed by atoms with Crippen molar-refractivity contribution in [1.29, 1.82) is 0 Å². The van der Waals surface area contributed by atoms with Crippen molar-refractivity contribution in [3.05, 3.63) is 41.2 Å². The summed E-state index contributed by atoms with van der Waals surface area (Å²) in [6.07, 6.45) is 8.99. The third kappa shape index (κ3) is 3.85. The summed E-state index contributed by atoms with van der Waals surface area (Å²) in [6.45, 7) is 2.71. The molecule has 0 saturated heterocycles. The number of hydrogen-bond donors (Lipinski definition) is 1. The van der Waals surface area contributed by atoms with E-state index in [2.05, 4.69) is 24.0 Å². The lowest BCUT2D eigenvalue weighted by atomic mass is 10.1. The molecule has 0 aliphatic rings. The fourth-order valence-corrected chi connectivity index (χ4v) is 2.29. The molecule has 0 aliphatic heterocycles. The molecule has 102 valence electrons. The Morgan fingerprint density at radius 3 is 2.95 bits per heavy atom. The lowest BCUT2D eigenvalue weighted by molar-refractivity contribution is -0.453. The van der Waals surface area contributed by atoms with E-state index < -0.39 is 0 Å². The molecule has 0 aliphatic carbocycles. The van der Waals surface area contributed by atoms with E-state index in [1.165, 1.54) is 23.8 Å². The number of nitrogens with zero attached hydrogens (tertiary/aromatic N) is 1. The van der Waals surface area contributed by atoms with Gasteiger partial charge in [-0.2, -0.15) is 0 Å². The summed E-state index contributed by atoms with van der Waals surface area (Å²) in [5, 5.41) is 12.9. The van der Waals surface area contributed by atoms with Gasteiger partial charge in [0.1, 0.15) is 0 Å². The summed E-state index contributed by atoms with van der Waals surface area (Å²) >= 11 is 0. The van der Waals surface area contributed by atoms with Gasteiger partial charge in [-0.1, -0.05) is 38.0 Å². The van der Waals surface area contributed by atoms with Crippen molar-refractivity contribution in [1.82, 2.24) is 4.98 Å². The van der Waals surface area contributed by atoms with Crippen LogP contribution in [0.1, 0.15) is 38.2 Å². The van der Waals surface area contributed by atoms with Crippen LogP contribution in [-0.4, -0.2) is 22.5 Å². The quantitative estimate of drug-likeness (QED) is 0.264. The van der Waals surface area contributed by atoms with E-state index in [1.54, 1.807) is 6.21 Å². The molecule has 0 atom stereocenters. The Morgan fingerprint density at radius 1 is 1.26 bits per heavy atom. The van der Waals surface area contributed by atoms with Gasteiger partial charge in [0, 0.05) is 29.9 Å². The average Bonchev–Trinajstić information content (AvgIpc) is 2.85. The average molecular weight is 258 g/mol. The number of fused-ring (bicyclic) bond motifs is 1. The molecule has 2 rings (SSSR count). The number of aromatic nitrogens is 1. The maximum Gasteiger partial charge on any atom is 0.157 e. The molecule has 0 bridgehead atoms. The maximum atomic E-state index is 11.7. The summed E-state index contributed by atoms with van der Waals surface area (Å²) in [7, 11) is 0. The molecule has 19 heavy (non-hydrogen) atoms. The van der Waals surface area contributed by atoms with Gasteiger partial charge < -0.3 is 10.2 Å². The lowest BCUT2D eigenvalue weighted by Crippen LogP contribution is -2.09. The highest BCUT2D eigenvalue weighted by molar-refractivity contribution is 5.83. The predicted molar refractivity (Wildman–Crippen MR) is 80.7 cm³/mol. The zero-order valence-electron chi connectivity index (χ0n) is 11.6. The molecular formula is C16H22N2O. The molecule has 3 heteroatoms. The summed E-state index contributed by atoms with van der Waals surface area (Å²) in [6, 6.07) is 8.21. The van der Waals surface area contributed by atoms with E-state index in [1.807, 2.05) is 18.3 Å². The van der Waals surface area contributed by atoms with Crippen LogP contribution in [0.5, 0.6) is 0 Å². The predicted octanol–water partition coefficient (Wildman–Crippen LogP) is 3.87. The number of hydroxylamine groups is 1. The van der Waals surface area contributed by atoms with Gasteiger partial charge in [-0.25, -0.2) is 4.74 Å². The van der Waals surface area contributed by atoms with Gasteiger partial charge >= 0.3 is 0 Å². The van der Waals surface area contributed by atoms with E-state index in [0.717, 1.165) is 29.5 Å². The molecule has 1 N–H and O–H groups in total. The molecular weight excluding hydrogens is 236 g/mol. The number of aromatic amines is 1. The van der Waals surface area contributed by atoms with Crippen LogP contribution in [0.15, 0.2) is 30.5 Å². The van der Waals surface area contributed by atoms with Gasteiger partial charge in [0.2, 0.25) is 0 Å². The normalized spacial score (nSPS) is 12.2. The first-order valence-corrected chi connectivity index (χ1v) is 7.13. The van der Waals surface area contributed by atoms with Crippen molar-refractivity contribution in [2.45, 2.75) is 39.0 Å². The lowest BCUT2D eigenvalue weighted by Gasteiger charge is -2.03. The third-order valence-corrected chi connectivity index (χ3v) is 3.42. The second-order valence-electron chi connectivity index (χ2n) is 4.93. The first kappa shape index (κ1) is 13.7. The largest absolute Gasteiger partial charge is 0.624 e. The zero-order chi connectivity index (χ0) is 13.5. The van der Waals surface area contributed by atoms with Crippen LogP contribution in [0, 0.1) is 5.21 Å². The van der Waals surface area contributed by atoms with Crippen molar-refractivity contribution >= 4 is 17.1 Å². The van der Waals surface area contributed by atoms with Crippen molar-refractivity contribution in [3.8, 4) is 0 Å². The minimum atomic E-state index is 0.536. The molecule has 0 spiro atoms. The highest BCUT2D eigenvalue weighted by Crippen LogP contribution is 2.17. The van der Waals surface area contributed by atoms with Crippen LogP contribution in [0.3, 0.4) is 0 Å². The highest BCUT2D eigenvalue weighted by atomic mass is 16.5. The second kappa shape index (κ2) is 6.98. The van der Waals surface area contributed by atoms with E-state index in [-0.39, 0.29) is 0 Å². The summed E-state index contributed by atoms with van der Waals surface area (Å²) in [4.78, 5) is 3.24. The zero-order valence-corrected chi connectivity index (χ0v) is 11.6. The van der Waals surface area contributed by atoms with Crippen LogP contribution in [0.4, 0.5) is 0 Å². The Kier molecular flexibility index (Phi) is 5.01. The topological polar surface area (TPSA) is 41.9 Å². The van der Waals surface area contributed by atoms with E-state index in [9.17, 15) is 5.21 Å². The minimum absolute atomic E-state index is 0.536. The Hall–Kier alpha value is -1.77.